The quantitative estimate of drug-likeness (QED) is 0.158. The third kappa shape index (κ3) is 12.7. The minimum absolute atomic E-state index is 0. The summed E-state index contributed by atoms with van der Waals surface area (Å²) in [5.74, 6) is 5.24. The van der Waals surface area contributed by atoms with Crippen molar-refractivity contribution < 1.29 is 20.1 Å². The first-order chi connectivity index (χ1) is 33.2. The van der Waals surface area contributed by atoms with Gasteiger partial charge in [0.1, 0.15) is 34.9 Å². The molecule has 0 fully saturated rings. The van der Waals surface area contributed by atoms with Crippen molar-refractivity contribution in [1.82, 2.24) is 29.9 Å². The Hall–Kier alpha value is -5.65. The molecule has 0 N–H and O–H groups in total. The van der Waals surface area contributed by atoms with Crippen LogP contribution in [0, 0.1) is 38.2 Å². The summed E-state index contributed by atoms with van der Waals surface area (Å²) in [5.41, 5.74) is 9.98. The number of nitrogens with zero attached hydrogens (tertiary/aromatic N) is 12. The molecule has 0 spiro atoms. The minimum atomic E-state index is -0.0817. The monoisotopic (exact) mass is 1160 g/mol. The second kappa shape index (κ2) is 20.6. The van der Waals surface area contributed by atoms with Crippen LogP contribution >= 0.6 is 0 Å². The van der Waals surface area contributed by atoms with Crippen LogP contribution in [-0.2, 0) is 52.6 Å². The van der Waals surface area contributed by atoms with Gasteiger partial charge in [-0.2, -0.15) is 78.0 Å². The van der Waals surface area contributed by atoms with Crippen molar-refractivity contribution in [1.29, 1.82) is 0 Å². The first-order valence-electron chi connectivity index (χ1n) is 25.0. The number of fused-ring (bicyclic) bond motifs is 3. The molecule has 0 aliphatic carbocycles. The maximum atomic E-state index is 4.87. The topological polar surface area (TPSA) is 96.8 Å². The summed E-state index contributed by atoms with van der Waals surface area (Å²) < 4.78 is 0. The van der Waals surface area contributed by atoms with Crippen LogP contribution in [-0.4, -0.2) is 51.0 Å². The molecule has 6 heterocycles. The SMILES string of the molecule is CN1[CH-]N(c2[c-]cc(C(C)(C)C)cc2)c2nc(C(C)(C)C)cnc21.CN1[CH-]N(c2[c-]cc(C(C)(C)C)cc2)c2nc(C(C)(C)C)cnc21.CN1[CH-]N(c2[c-]cc(C(C)(C)C)cc2)c2nc(C(C)(C)C)ncc21.[Ir]. The van der Waals surface area contributed by atoms with E-state index >= 15 is 0 Å². The Labute approximate surface area is 452 Å². The normalized spacial score (nSPS) is 14.8. The van der Waals surface area contributed by atoms with E-state index in [-0.39, 0.29) is 52.6 Å². The van der Waals surface area contributed by atoms with E-state index in [1.807, 2.05) is 74.4 Å². The fraction of sp³-hybridized carbons (Fsp3) is 0.450. The van der Waals surface area contributed by atoms with Gasteiger partial charge in [0.2, 0.25) is 0 Å². The van der Waals surface area contributed by atoms with Crippen molar-refractivity contribution in [3.05, 3.63) is 145 Å². The van der Waals surface area contributed by atoms with Crippen LogP contribution in [0.3, 0.4) is 0 Å². The largest absolute Gasteiger partial charge is 0.501 e. The molecule has 393 valence electrons. The predicted octanol–water partition coefficient (Wildman–Crippen LogP) is 13.7. The van der Waals surface area contributed by atoms with E-state index in [1.54, 1.807) is 0 Å². The van der Waals surface area contributed by atoms with E-state index in [9.17, 15) is 0 Å². The van der Waals surface area contributed by atoms with Crippen LogP contribution in [0.15, 0.2) is 73.2 Å². The standard InChI is InChI=1S/3C20H26N4.Ir/c2*1-19(2,3)14-8-10-15(11-9-14)24-13-23(7)17-18(24)22-16(12-21-17)20(4,5)6;1-19(2,3)14-8-10-15(11-9-14)24-13-23(7)16-12-21-18(20(4,5)6)22-17(16)24;/h3*8-10,12-13H,1-7H3;/q3*-2;. The number of rotatable bonds is 3. The first-order valence-corrected chi connectivity index (χ1v) is 25.0. The Balaban J connectivity index is 0.000000177. The zero-order chi connectivity index (χ0) is 53.1. The second-order valence-corrected chi connectivity index (χ2v) is 25.4. The van der Waals surface area contributed by atoms with Crippen LogP contribution in [0.25, 0.3) is 0 Å². The summed E-state index contributed by atoms with van der Waals surface area (Å²) in [6.07, 6.45) is 5.65. The Morgan fingerprint density at radius 1 is 0.370 bits per heavy atom. The zero-order valence-corrected chi connectivity index (χ0v) is 49.8. The Morgan fingerprint density at radius 2 is 0.712 bits per heavy atom. The molecule has 12 nitrogen and oxygen atoms in total. The number of hydrogen-bond acceptors (Lipinski definition) is 12. The molecule has 0 saturated heterocycles. The molecular formula is C60H78IrN12-6. The molecule has 13 heteroatoms. The number of anilines is 9. The summed E-state index contributed by atoms with van der Waals surface area (Å²) in [6.45, 7) is 45.3. The van der Waals surface area contributed by atoms with E-state index in [2.05, 4.69) is 227 Å². The average Bonchev–Trinajstić information content (AvgIpc) is 3.94. The first kappa shape index (κ1) is 56.6. The minimum Gasteiger partial charge on any atom is -0.501 e. The van der Waals surface area contributed by atoms with Gasteiger partial charge in [-0.1, -0.05) is 141 Å². The maximum Gasteiger partial charge on any atom is 0.144 e. The van der Waals surface area contributed by atoms with Gasteiger partial charge in [-0.3, -0.25) is 0 Å². The molecule has 9 rings (SSSR count). The van der Waals surface area contributed by atoms with Crippen molar-refractivity contribution in [2.45, 2.75) is 157 Å². The van der Waals surface area contributed by atoms with Gasteiger partial charge < -0.3 is 29.4 Å². The molecule has 1 radical (unpaired) electrons. The van der Waals surface area contributed by atoms with Crippen molar-refractivity contribution in [3.63, 3.8) is 0 Å². The summed E-state index contributed by atoms with van der Waals surface area (Å²) in [4.78, 5) is 40.6. The molecule has 0 atom stereocenters. The smallest absolute Gasteiger partial charge is 0.144 e. The summed E-state index contributed by atoms with van der Waals surface area (Å²) in [5, 5.41) is 0. The van der Waals surface area contributed by atoms with Gasteiger partial charge in [-0.15, -0.1) is 48.6 Å². The third-order valence-corrected chi connectivity index (χ3v) is 12.8. The molecule has 0 amide bonds. The van der Waals surface area contributed by atoms with Crippen LogP contribution in [0.1, 0.15) is 159 Å². The van der Waals surface area contributed by atoms with Gasteiger partial charge in [0.15, 0.2) is 0 Å². The Morgan fingerprint density at radius 3 is 1.01 bits per heavy atom. The van der Waals surface area contributed by atoms with Gasteiger partial charge in [0.05, 0.1) is 35.7 Å². The zero-order valence-electron chi connectivity index (χ0n) is 47.4. The van der Waals surface area contributed by atoms with E-state index in [1.165, 1.54) is 16.7 Å². The fourth-order valence-electron chi connectivity index (χ4n) is 7.93. The van der Waals surface area contributed by atoms with Gasteiger partial charge in [0.25, 0.3) is 0 Å². The summed E-state index contributed by atoms with van der Waals surface area (Å²) in [7, 11) is 6.00. The number of benzene rings is 3. The van der Waals surface area contributed by atoms with Crippen LogP contribution < -0.4 is 29.4 Å². The number of hydrogen-bond donors (Lipinski definition) is 0. The molecular weight excluding hydrogens is 1080 g/mol. The van der Waals surface area contributed by atoms with Crippen LogP contribution in [0.2, 0.25) is 0 Å². The summed E-state index contributed by atoms with van der Waals surface area (Å²) >= 11 is 0. The molecule has 3 aromatic heterocycles. The average molecular weight is 1160 g/mol. The second-order valence-electron chi connectivity index (χ2n) is 25.4. The molecule has 3 aliphatic heterocycles. The van der Waals surface area contributed by atoms with Crippen molar-refractivity contribution in [2.75, 3.05) is 50.5 Å². The Kier molecular flexibility index (Phi) is 16.0. The predicted molar refractivity (Wildman–Crippen MR) is 299 cm³/mol. The van der Waals surface area contributed by atoms with Crippen molar-refractivity contribution in [3.8, 4) is 0 Å². The van der Waals surface area contributed by atoms with E-state index in [0.29, 0.717) is 0 Å². The third-order valence-electron chi connectivity index (χ3n) is 12.8. The van der Waals surface area contributed by atoms with Gasteiger partial charge in [0, 0.05) is 36.4 Å². The van der Waals surface area contributed by atoms with Gasteiger partial charge >= 0.3 is 0 Å². The van der Waals surface area contributed by atoms with E-state index < -0.39 is 0 Å². The molecule has 0 bridgehead atoms. The molecule has 6 aromatic rings. The maximum absolute atomic E-state index is 4.87. The van der Waals surface area contributed by atoms with Crippen LogP contribution in [0.5, 0.6) is 0 Å². The molecule has 3 aromatic carbocycles. The fourth-order valence-corrected chi connectivity index (χ4v) is 7.93. The summed E-state index contributed by atoms with van der Waals surface area (Å²) in [6, 6.07) is 29.3. The molecule has 0 unspecified atom stereocenters. The van der Waals surface area contributed by atoms with Crippen molar-refractivity contribution in [2.24, 2.45) is 0 Å². The Bertz CT molecular complexity index is 2530. The molecule has 3 aliphatic rings. The number of aromatic nitrogens is 6. The van der Waals surface area contributed by atoms with Crippen LogP contribution in [0.4, 0.5) is 51.8 Å². The van der Waals surface area contributed by atoms with Gasteiger partial charge in [-0.25, -0.2) is 29.9 Å². The van der Waals surface area contributed by atoms with E-state index in [4.69, 9.17) is 15.0 Å². The molecule has 0 saturated carbocycles. The van der Waals surface area contributed by atoms with Gasteiger partial charge in [-0.05, 0) is 21.1 Å². The van der Waals surface area contributed by atoms with Crippen molar-refractivity contribution >= 4 is 51.8 Å². The molecule has 73 heavy (non-hydrogen) atoms. The van der Waals surface area contributed by atoms with E-state index in [0.717, 1.165) is 69.1 Å².